The minimum absolute atomic E-state index is 0.0528. The topological polar surface area (TPSA) is 46.5 Å². The molecule has 1 N–H and O–H groups in total. The largest absolute Gasteiger partial charge is 0.488 e. The van der Waals surface area contributed by atoms with Crippen molar-refractivity contribution in [3.8, 4) is 5.75 Å². The van der Waals surface area contributed by atoms with Crippen molar-refractivity contribution in [1.29, 1.82) is 0 Å². The number of halogens is 2. The summed E-state index contributed by atoms with van der Waals surface area (Å²) in [5.41, 5.74) is 0.840. The van der Waals surface area contributed by atoms with Gasteiger partial charge in [0.1, 0.15) is 12.4 Å². The van der Waals surface area contributed by atoms with E-state index in [1.165, 1.54) is 0 Å². The van der Waals surface area contributed by atoms with Crippen LogP contribution in [-0.2, 0) is 11.2 Å². The highest BCUT2D eigenvalue weighted by molar-refractivity contribution is 5.67. The van der Waals surface area contributed by atoms with E-state index < -0.39 is 19.0 Å². The van der Waals surface area contributed by atoms with E-state index in [-0.39, 0.29) is 6.42 Å². The molecule has 1 aromatic carbocycles. The summed E-state index contributed by atoms with van der Waals surface area (Å²) in [6, 6.07) is 6.45. The lowest BCUT2D eigenvalue weighted by atomic mass is 10.1. The van der Waals surface area contributed by atoms with E-state index in [2.05, 4.69) is 0 Å². The Morgan fingerprint density at radius 2 is 1.94 bits per heavy atom. The summed E-state index contributed by atoms with van der Waals surface area (Å²) >= 11 is 0. The van der Waals surface area contributed by atoms with Crippen LogP contribution in [0.25, 0.3) is 0 Å². The summed E-state index contributed by atoms with van der Waals surface area (Å²) in [5.74, 6) is -0.502. The monoisotopic (exact) mass is 230 g/mol. The van der Waals surface area contributed by atoms with Crippen LogP contribution in [-0.4, -0.2) is 24.1 Å². The highest BCUT2D eigenvalue weighted by Crippen LogP contribution is 2.14. The number of carbonyl (C=O) groups is 1. The van der Waals surface area contributed by atoms with Crippen molar-refractivity contribution >= 4 is 5.97 Å². The van der Waals surface area contributed by atoms with Gasteiger partial charge in [0.15, 0.2) is 0 Å². The molecular weight excluding hydrogens is 218 g/mol. The minimum Gasteiger partial charge on any atom is -0.488 e. The molecule has 0 bridgehead atoms. The molecule has 5 heteroatoms. The Labute approximate surface area is 91.7 Å². The lowest BCUT2D eigenvalue weighted by Crippen LogP contribution is -2.06. The van der Waals surface area contributed by atoms with E-state index in [9.17, 15) is 13.6 Å². The smallest absolute Gasteiger partial charge is 0.303 e. The summed E-state index contributed by atoms with van der Waals surface area (Å²) in [5, 5.41) is 8.47. The highest BCUT2D eigenvalue weighted by atomic mass is 19.3. The summed E-state index contributed by atoms with van der Waals surface area (Å²) < 4.78 is 28.4. The maximum absolute atomic E-state index is 11.8. The van der Waals surface area contributed by atoms with Crippen molar-refractivity contribution in [2.24, 2.45) is 0 Å². The molecule has 0 aliphatic rings. The quantitative estimate of drug-likeness (QED) is 0.815. The van der Waals surface area contributed by atoms with Gasteiger partial charge >= 0.3 is 5.97 Å². The molecule has 0 aliphatic heterocycles. The highest BCUT2D eigenvalue weighted by Gasteiger charge is 2.04. The molecular formula is C11H12F2O3. The van der Waals surface area contributed by atoms with E-state index in [0.29, 0.717) is 12.2 Å². The fraction of sp³-hybridized carbons (Fsp3) is 0.364. The molecule has 0 radical (unpaired) electrons. The molecule has 1 rings (SSSR count). The summed E-state index contributed by atoms with van der Waals surface area (Å²) in [4.78, 5) is 10.3. The summed E-state index contributed by atoms with van der Waals surface area (Å²) in [7, 11) is 0. The number of aliphatic carboxylic acids is 1. The van der Waals surface area contributed by atoms with Gasteiger partial charge in [0.25, 0.3) is 6.43 Å². The number of benzene rings is 1. The zero-order chi connectivity index (χ0) is 12.0. The third-order valence-electron chi connectivity index (χ3n) is 1.93. The molecule has 16 heavy (non-hydrogen) atoms. The van der Waals surface area contributed by atoms with Crippen molar-refractivity contribution in [1.82, 2.24) is 0 Å². The number of hydrogen-bond acceptors (Lipinski definition) is 2. The van der Waals surface area contributed by atoms with Crippen LogP contribution in [0.15, 0.2) is 24.3 Å². The number of rotatable bonds is 6. The van der Waals surface area contributed by atoms with Crippen LogP contribution in [0.4, 0.5) is 8.78 Å². The molecule has 0 aromatic heterocycles. The molecule has 0 heterocycles. The average Bonchev–Trinajstić information content (AvgIpc) is 2.25. The first-order valence-corrected chi connectivity index (χ1v) is 4.79. The van der Waals surface area contributed by atoms with Gasteiger partial charge < -0.3 is 9.84 Å². The number of carboxylic acid groups (broad SMARTS) is 1. The van der Waals surface area contributed by atoms with Gasteiger partial charge in [0, 0.05) is 6.42 Å². The SMILES string of the molecule is O=C(O)CCc1ccc(OCC(F)F)cc1. The zero-order valence-electron chi connectivity index (χ0n) is 8.53. The van der Waals surface area contributed by atoms with Gasteiger partial charge in [-0.3, -0.25) is 4.79 Å². The first kappa shape index (κ1) is 12.4. The third kappa shape index (κ3) is 4.72. The van der Waals surface area contributed by atoms with Crippen LogP contribution in [0.5, 0.6) is 5.75 Å². The van der Waals surface area contributed by atoms with E-state index in [4.69, 9.17) is 9.84 Å². The zero-order valence-corrected chi connectivity index (χ0v) is 8.53. The summed E-state index contributed by atoms with van der Waals surface area (Å²) in [6.07, 6.45) is -2.02. The molecule has 0 aliphatic carbocycles. The maximum Gasteiger partial charge on any atom is 0.303 e. The number of ether oxygens (including phenoxy) is 1. The van der Waals surface area contributed by atoms with Gasteiger partial charge in [-0.05, 0) is 24.1 Å². The molecule has 0 amide bonds. The van der Waals surface area contributed by atoms with Gasteiger partial charge in [-0.15, -0.1) is 0 Å². The van der Waals surface area contributed by atoms with Gasteiger partial charge in [0.2, 0.25) is 0 Å². The standard InChI is InChI=1S/C11H12F2O3/c12-10(13)7-16-9-4-1-8(2-5-9)3-6-11(14)15/h1-2,4-5,10H,3,6-7H2,(H,14,15). The lowest BCUT2D eigenvalue weighted by molar-refractivity contribution is -0.136. The normalized spacial score (nSPS) is 10.4. The Morgan fingerprint density at radius 3 is 2.44 bits per heavy atom. The third-order valence-corrected chi connectivity index (χ3v) is 1.93. The van der Waals surface area contributed by atoms with Gasteiger partial charge in [-0.1, -0.05) is 12.1 Å². The van der Waals surface area contributed by atoms with Crippen LogP contribution >= 0.6 is 0 Å². The lowest BCUT2D eigenvalue weighted by Gasteiger charge is -2.05. The number of alkyl halides is 2. The van der Waals surface area contributed by atoms with Crippen molar-refractivity contribution in [3.63, 3.8) is 0 Å². The molecule has 0 saturated heterocycles. The predicted molar refractivity (Wildman–Crippen MR) is 53.9 cm³/mol. The predicted octanol–water partition coefficient (Wildman–Crippen LogP) is 2.35. The summed E-state index contributed by atoms with van der Waals surface area (Å²) in [6.45, 7) is -0.630. The molecule has 3 nitrogen and oxygen atoms in total. The second kappa shape index (κ2) is 6.05. The second-order valence-corrected chi connectivity index (χ2v) is 3.24. The van der Waals surface area contributed by atoms with Gasteiger partial charge in [-0.25, -0.2) is 8.78 Å². The Balaban J connectivity index is 2.44. The Bertz CT molecular complexity index is 336. The fourth-order valence-corrected chi connectivity index (χ4v) is 1.16. The Kier molecular flexibility index (Phi) is 4.69. The van der Waals surface area contributed by atoms with Crippen molar-refractivity contribution in [2.45, 2.75) is 19.3 Å². The number of aryl methyl sites for hydroxylation is 1. The first-order valence-electron chi connectivity index (χ1n) is 4.79. The van der Waals surface area contributed by atoms with Crippen molar-refractivity contribution in [3.05, 3.63) is 29.8 Å². The molecule has 1 aromatic rings. The van der Waals surface area contributed by atoms with Crippen LogP contribution in [0, 0.1) is 0 Å². The first-order chi connectivity index (χ1) is 7.58. The average molecular weight is 230 g/mol. The Hall–Kier alpha value is -1.65. The van der Waals surface area contributed by atoms with Gasteiger partial charge in [-0.2, -0.15) is 0 Å². The maximum atomic E-state index is 11.8. The van der Waals surface area contributed by atoms with Crippen molar-refractivity contribution in [2.75, 3.05) is 6.61 Å². The van der Waals surface area contributed by atoms with E-state index >= 15 is 0 Å². The Morgan fingerprint density at radius 1 is 1.31 bits per heavy atom. The molecule has 0 atom stereocenters. The van der Waals surface area contributed by atoms with Crippen molar-refractivity contribution < 1.29 is 23.4 Å². The van der Waals surface area contributed by atoms with E-state index in [1.54, 1.807) is 24.3 Å². The van der Waals surface area contributed by atoms with E-state index in [0.717, 1.165) is 5.56 Å². The number of hydrogen-bond donors (Lipinski definition) is 1. The fourth-order valence-electron chi connectivity index (χ4n) is 1.16. The minimum atomic E-state index is -2.49. The van der Waals surface area contributed by atoms with Crippen LogP contribution < -0.4 is 4.74 Å². The molecule has 88 valence electrons. The van der Waals surface area contributed by atoms with Crippen LogP contribution in [0.1, 0.15) is 12.0 Å². The molecule has 0 fully saturated rings. The molecule has 0 unspecified atom stereocenters. The second-order valence-electron chi connectivity index (χ2n) is 3.24. The van der Waals surface area contributed by atoms with Crippen LogP contribution in [0.2, 0.25) is 0 Å². The molecule has 0 saturated carbocycles. The molecule has 0 spiro atoms. The van der Waals surface area contributed by atoms with Gasteiger partial charge in [0.05, 0.1) is 0 Å². The van der Waals surface area contributed by atoms with E-state index in [1.807, 2.05) is 0 Å². The van der Waals surface area contributed by atoms with Crippen LogP contribution in [0.3, 0.4) is 0 Å². The number of carboxylic acids is 1.